The Morgan fingerprint density at radius 2 is 2.16 bits per heavy atom. The van der Waals surface area contributed by atoms with Gasteiger partial charge in [0, 0.05) is 12.0 Å². The Balaban J connectivity index is 0.00000180. The Labute approximate surface area is 120 Å². The lowest BCUT2D eigenvalue weighted by Gasteiger charge is -2.20. The number of ether oxygens (including phenoxy) is 1. The lowest BCUT2D eigenvalue weighted by atomic mass is 9.84. The van der Waals surface area contributed by atoms with E-state index in [1.54, 1.807) is 0 Å². The molecule has 2 aliphatic rings. The molecule has 5 nitrogen and oxygen atoms in total. The Hall–Kier alpha value is -0.810. The second kappa shape index (κ2) is 6.57. The Morgan fingerprint density at radius 3 is 2.68 bits per heavy atom. The molecule has 0 unspecified atom stereocenters. The van der Waals surface area contributed by atoms with Crippen LogP contribution in [0.4, 0.5) is 0 Å². The summed E-state index contributed by atoms with van der Waals surface area (Å²) in [5.74, 6) is -0.0222. The quantitative estimate of drug-likeness (QED) is 0.800. The van der Waals surface area contributed by atoms with Gasteiger partial charge in [0.05, 0.1) is 24.7 Å². The van der Waals surface area contributed by atoms with Crippen molar-refractivity contribution in [2.24, 2.45) is 28.6 Å². The van der Waals surface area contributed by atoms with Gasteiger partial charge < -0.3 is 15.3 Å². The number of carbonyl (C=O) groups excluding carboxylic acids is 1. The zero-order chi connectivity index (χ0) is 13.3. The van der Waals surface area contributed by atoms with Crippen LogP contribution in [-0.2, 0) is 14.4 Å². The molecular weight excluding hydrogens is 268 g/mol. The van der Waals surface area contributed by atoms with E-state index >= 15 is 0 Å². The van der Waals surface area contributed by atoms with Crippen LogP contribution in [-0.4, -0.2) is 30.9 Å². The van der Waals surface area contributed by atoms with Crippen LogP contribution in [0.2, 0.25) is 0 Å². The maximum Gasteiger partial charge on any atom is 0.312 e. The number of rotatable bonds is 4. The molecule has 1 aliphatic heterocycles. The molecule has 1 fully saturated rings. The van der Waals surface area contributed by atoms with Gasteiger partial charge in [-0.05, 0) is 19.3 Å². The number of esters is 1. The summed E-state index contributed by atoms with van der Waals surface area (Å²) in [7, 11) is 1.40. The fourth-order valence-corrected chi connectivity index (χ4v) is 3.21. The van der Waals surface area contributed by atoms with Crippen molar-refractivity contribution in [1.29, 1.82) is 0 Å². The van der Waals surface area contributed by atoms with Crippen LogP contribution in [0.3, 0.4) is 0 Å². The minimum Gasteiger partial charge on any atom is -0.469 e. The van der Waals surface area contributed by atoms with Crippen molar-refractivity contribution in [1.82, 2.24) is 0 Å². The highest BCUT2D eigenvalue weighted by Gasteiger charge is 2.53. The maximum atomic E-state index is 11.7. The maximum absolute atomic E-state index is 11.7. The van der Waals surface area contributed by atoms with Crippen molar-refractivity contribution in [2.45, 2.75) is 45.3 Å². The van der Waals surface area contributed by atoms with Gasteiger partial charge >= 0.3 is 5.97 Å². The van der Waals surface area contributed by atoms with Crippen LogP contribution >= 0.6 is 12.4 Å². The molecule has 19 heavy (non-hydrogen) atoms. The molecule has 0 amide bonds. The van der Waals surface area contributed by atoms with E-state index in [1.807, 2.05) is 0 Å². The summed E-state index contributed by atoms with van der Waals surface area (Å²) in [5.41, 5.74) is 7.22. The molecule has 1 aliphatic carbocycles. The van der Waals surface area contributed by atoms with Crippen molar-refractivity contribution in [2.75, 3.05) is 7.11 Å². The number of oxime groups is 1. The molecule has 0 aromatic carbocycles. The van der Waals surface area contributed by atoms with Crippen molar-refractivity contribution in [3.05, 3.63) is 0 Å². The molecule has 4 atom stereocenters. The van der Waals surface area contributed by atoms with E-state index in [0.29, 0.717) is 12.3 Å². The first-order valence-corrected chi connectivity index (χ1v) is 6.70. The van der Waals surface area contributed by atoms with E-state index in [4.69, 9.17) is 15.3 Å². The monoisotopic (exact) mass is 290 g/mol. The second-order valence-corrected chi connectivity index (χ2v) is 5.15. The van der Waals surface area contributed by atoms with Gasteiger partial charge in [0.15, 0.2) is 6.10 Å². The summed E-state index contributed by atoms with van der Waals surface area (Å²) in [6, 6.07) is -0.0547. The predicted molar refractivity (Wildman–Crippen MR) is 75.2 cm³/mol. The summed E-state index contributed by atoms with van der Waals surface area (Å²) in [6.07, 6.45) is 2.46. The summed E-state index contributed by atoms with van der Waals surface area (Å²) in [4.78, 5) is 17.2. The predicted octanol–water partition coefficient (Wildman–Crippen LogP) is 1.74. The Bertz CT molecular complexity index is 358. The van der Waals surface area contributed by atoms with Gasteiger partial charge in [-0.2, -0.15) is 0 Å². The van der Waals surface area contributed by atoms with E-state index in [-0.39, 0.29) is 42.4 Å². The molecule has 6 heteroatoms. The van der Waals surface area contributed by atoms with Gasteiger partial charge in [0.2, 0.25) is 0 Å². The highest BCUT2D eigenvalue weighted by molar-refractivity contribution is 5.92. The average Bonchev–Trinajstić information content (AvgIpc) is 2.93. The van der Waals surface area contributed by atoms with Crippen molar-refractivity contribution >= 4 is 24.1 Å². The summed E-state index contributed by atoms with van der Waals surface area (Å²) in [6.45, 7) is 4.28. The Morgan fingerprint density at radius 1 is 1.53 bits per heavy atom. The van der Waals surface area contributed by atoms with Crippen LogP contribution in [0.1, 0.15) is 33.1 Å². The highest BCUT2D eigenvalue weighted by atomic mass is 35.5. The number of carbonyl (C=O) groups is 1. The minimum absolute atomic E-state index is 0. The third-order valence-electron chi connectivity index (χ3n) is 4.27. The summed E-state index contributed by atoms with van der Waals surface area (Å²) >= 11 is 0. The van der Waals surface area contributed by atoms with Crippen LogP contribution in [0, 0.1) is 17.8 Å². The number of methoxy groups -OCH3 is 1. The van der Waals surface area contributed by atoms with Gasteiger partial charge in [-0.15, -0.1) is 12.4 Å². The van der Waals surface area contributed by atoms with Crippen LogP contribution < -0.4 is 5.73 Å². The zero-order valence-corrected chi connectivity index (χ0v) is 12.5. The number of halogens is 1. The van der Waals surface area contributed by atoms with Crippen molar-refractivity contribution in [3.8, 4) is 0 Å². The zero-order valence-electron chi connectivity index (χ0n) is 11.7. The summed E-state index contributed by atoms with van der Waals surface area (Å²) < 4.78 is 4.81. The minimum atomic E-state index is -0.273. The van der Waals surface area contributed by atoms with Gasteiger partial charge in [-0.25, -0.2) is 0 Å². The third-order valence-corrected chi connectivity index (χ3v) is 4.27. The third kappa shape index (κ3) is 2.72. The normalized spacial score (nSPS) is 32.4. The van der Waals surface area contributed by atoms with Gasteiger partial charge in [0.25, 0.3) is 0 Å². The first kappa shape index (κ1) is 16.2. The molecule has 0 aromatic heterocycles. The number of hydrogen-bond donors (Lipinski definition) is 1. The number of nitrogens with two attached hydrogens (primary N) is 1. The van der Waals surface area contributed by atoms with E-state index in [2.05, 4.69) is 19.0 Å². The lowest BCUT2D eigenvalue weighted by Crippen LogP contribution is -2.37. The van der Waals surface area contributed by atoms with Gasteiger partial charge in [-0.3, -0.25) is 4.79 Å². The molecule has 0 saturated heterocycles. The first-order chi connectivity index (χ1) is 8.63. The standard InChI is InChI=1S/C13H22N2O3.ClH/c1-4-7(5-2)11-10-9(14)6-8(13(16)17-3)12(10)18-15-11;/h7-10,12H,4-6,14H2,1-3H3;1H/t8-,9+,10+,12+;/m0./s1. The van der Waals surface area contributed by atoms with E-state index in [1.165, 1.54) is 7.11 Å². The van der Waals surface area contributed by atoms with Crippen molar-refractivity contribution < 1.29 is 14.4 Å². The smallest absolute Gasteiger partial charge is 0.312 e. The van der Waals surface area contributed by atoms with Gasteiger partial charge in [0.1, 0.15) is 0 Å². The van der Waals surface area contributed by atoms with E-state index < -0.39 is 0 Å². The van der Waals surface area contributed by atoms with E-state index in [9.17, 15) is 4.79 Å². The molecule has 0 aromatic rings. The first-order valence-electron chi connectivity index (χ1n) is 6.70. The SMILES string of the molecule is CCC(CC)C1=NO[C@H]2[C@@H]1[C@H](N)C[C@@H]2C(=O)OC.Cl. The molecule has 2 rings (SSSR count). The number of fused-ring (bicyclic) bond motifs is 1. The van der Waals surface area contributed by atoms with Crippen LogP contribution in [0.25, 0.3) is 0 Å². The molecule has 0 spiro atoms. The van der Waals surface area contributed by atoms with Crippen LogP contribution in [0.5, 0.6) is 0 Å². The second-order valence-electron chi connectivity index (χ2n) is 5.15. The Kier molecular flexibility index (Phi) is 5.62. The molecule has 1 heterocycles. The van der Waals surface area contributed by atoms with Gasteiger partial charge in [-0.1, -0.05) is 19.0 Å². The molecule has 110 valence electrons. The fraction of sp³-hybridized carbons (Fsp3) is 0.846. The molecule has 0 radical (unpaired) electrons. The summed E-state index contributed by atoms with van der Waals surface area (Å²) in [5, 5.41) is 4.21. The highest BCUT2D eigenvalue weighted by Crippen LogP contribution is 2.41. The molecular formula is C13H23ClN2O3. The average molecular weight is 291 g/mol. The number of hydrogen-bond acceptors (Lipinski definition) is 5. The largest absolute Gasteiger partial charge is 0.469 e. The lowest BCUT2D eigenvalue weighted by molar-refractivity contribution is -0.149. The molecule has 0 bridgehead atoms. The fourth-order valence-electron chi connectivity index (χ4n) is 3.21. The topological polar surface area (TPSA) is 73.9 Å². The van der Waals surface area contributed by atoms with Crippen LogP contribution in [0.15, 0.2) is 5.16 Å². The molecule has 2 N–H and O–H groups in total. The molecule has 1 saturated carbocycles. The van der Waals surface area contributed by atoms with E-state index in [0.717, 1.165) is 18.6 Å². The van der Waals surface area contributed by atoms with Crippen molar-refractivity contribution in [3.63, 3.8) is 0 Å². The number of nitrogens with zero attached hydrogens (tertiary/aromatic N) is 1.